The van der Waals surface area contributed by atoms with E-state index >= 15 is 0 Å². The highest BCUT2D eigenvalue weighted by molar-refractivity contribution is 7.80. The average Bonchev–Trinajstić information content (AvgIpc) is 2.99. The van der Waals surface area contributed by atoms with Crippen LogP contribution in [0.4, 0.5) is 0 Å². The van der Waals surface area contributed by atoms with Crippen LogP contribution in [0.25, 0.3) is 0 Å². The van der Waals surface area contributed by atoms with Crippen LogP contribution in [0.1, 0.15) is 36.6 Å². The van der Waals surface area contributed by atoms with Gasteiger partial charge < -0.3 is 14.8 Å². The number of aliphatic imine (C=N–C) groups is 1. The van der Waals surface area contributed by atoms with Crippen molar-refractivity contribution in [3.05, 3.63) is 29.6 Å². The molecule has 5 nitrogen and oxygen atoms in total. The number of aromatic nitrogens is 1. The summed E-state index contributed by atoms with van der Waals surface area (Å²) in [5.74, 6) is 0.865. The molecule has 0 aromatic carbocycles. The van der Waals surface area contributed by atoms with Crippen LogP contribution in [0.2, 0.25) is 0 Å². The normalized spacial score (nSPS) is 25.0. The zero-order valence-electron chi connectivity index (χ0n) is 13.5. The zero-order valence-corrected chi connectivity index (χ0v) is 14.3. The molecule has 0 bridgehead atoms. The third kappa shape index (κ3) is 3.87. The molecule has 0 amide bonds. The molecule has 1 saturated heterocycles. The summed E-state index contributed by atoms with van der Waals surface area (Å²) < 4.78 is 10.9. The van der Waals surface area contributed by atoms with Crippen molar-refractivity contribution in [2.75, 3.05) is 26.9 Å². The smallest absolute Gasteiger partial charge is 0.194 e. The summed E-state index contributed by atoms with van der Waals surface area (Å²) in [5, 5.41) is 3.26. The molecule has 6 heteroatoms. The van der Waals surface area contributed by atoms with Crippen LogP contribution in [-0.4, -0.2) is 42.7 Å². The lowest BCUT2D eigenvalue weighted by Gasteiger charge is -2.26. The Morgan fingerprint density at radius 3 is 3.30 bits per heavy atom. The summed E-state index contributed by atoms with van der Waals surface area (Å²) in [6.07, 6.45) is 5.83. The molecule has 1 aromatic rings. The minimum Gasteiger partial charge on any atom is -0.480 e. The zero-order chi connectivity index (χ0) is 16.1. The Morgan fingerprint density at radius 1 is 1.52 bits per heavy atom. The molecule has 1 aliphatic carbocycles. The van der Waals surface area contributed by atoms with Gasteiger partial charge in [-0.15, -0.1) is 0 Å². The maximum atomic E-state index is 5.87. The van der Waals surface area contributed by atoms with Crippen LogP contribution in [-0.2, 0) is 15.9 Å². The van der Waals surface area contributed by atoms with Gasteiger partial charge in [0.15, 0.2) is 5.90 Å². The van der Waals surface area contributed by atoms with Crippen molar-refractivity contribution in [3.8, 4) is 0 Å². The molecule has 2 unspecified atom stereocenters. The molecule has 3 rings (SSSR count). The van der Waals surface area contributed by atoms with Crippen molar-refractivity contribution in [2.45, 2.75) is 31.7 Å². The Hall–Kier alpha value is -1.53. The minimum atomic E-state index is 0.0799. The van der Waals surface area contributed by atoms with Gasteiger partial charge in [-0.1, -0.05) is 18.3 Å². The highest BCUT2D eigenvalue weighted by Crippen LogP contribution is 2.34. The van der Waals surface area contributed by atoms with E-state index < -0.39 is 0 Å². The SMILES string of the molecule is COCCNC(=S)C1CCCOC1=NC1CCc2ncccc21. The number of methoxy groups -OCH3 is 1. The second-order valence-corrected chi connectivity index (χ2v) is 6.33. The van der Waals surface area contributed by atoms with Gasteiger partial charge in [-0.25, -0.2) is 4.99 Å². The molecule has 1 fully saturated rings. The van der Waals surface area contributed by atoms with E-state index in [1.54, 1.807) is 7.11 Å². The maximum absolute atomic E-state index is 5.87. The fourth-order valence-electron chi connectivity index (χ4n) is 3.14. The summed E-state index contributed by atoms with van der Waals surface area (Å²) in [5.41, 5.74) is 2.39. The molecule has 124 valence electrons. The standard InChI is InChI=1S/C17H23N3O2S/c1-21-11-9-19-17(23)13-5-3-10-22-16(13)20-15-7-6-14-12(15)4-2-8-18-14/h2,4,8,13,15H,3,5-7,9-11H2,1H3,(H,19,23). The van der Waals surface area contributed by atoms with Gasteiger partial charge in [0, 0.05) is 25.5 Å². The number of hydrogen-bond donors (Lipinski definition) is 1. The van der Waals surface area contributed by atoms with Crippen molar-refractivity contribution >= 4 is 23.1 Å². The fourth-order valence-corrected chi connectivity index (χ4v) is 3.46. The Balaban J connectivity index is 1.72. The lowest BCUT2D eigenvalue weighted by atomic mass is 10.00. The van der Waals surface area contributed by atoms with E-state index in [4.69, 9.17) is 26.7 Å². The second kappa shape index (κ2) is 7.84. The van der Waals surface area contributed by atoms with Crippen molar-refractivity contribution in [2.24, 2.45) is 10.9 Å². The van der Waals surface area contributed by atoms with Crippen LogP contribution < -0.4 is 5.32 Å². The number of ether oxygens (including phenoxy) is 2. The highest BCUT2D eigenvalue weighted by Gasteiger charge is 2.29. The summed E-state index contributed by atoms with van der Waals surface area (Å²) in [7, 11) is 1.69. The Labute approximate surface area is 142 Å². The monoisotopic (exact) mass is 333 g/mol. The van der Waals surface area contributed by atoms with Gasteiger partial charge in [0.05, 0.1) is 30.2 Å². The van der Waals surface area contributed by atoms with Gasteiger partial charge in [-0.05, 0) is 37.3 Å². The average molecular weight is 333 g/mol. The van der Waals surface area contributed by atoms with E-state index in [0.717, 1.165) is 55.4 Å². The first-order valence-electron chi connectivity index (χ1n) is 8.20. The predicted molar refractivity (Wildman–Crippen MR) is 93.9 cm³/mol. The van der Waals surface area contributed by atoms with Crippen molar-refractivity contribution < 1.29 is 9.47 Å². The van der Waals surface area contributed by atoms with Crippen molar-refractivity contribution in [3.63, 3.8) is 0 Å². The summed E-state index contributed by atoms with van der Waals surface area (Å²) in [6.45, 7) is 2.08. The fraction of sp³-hybridized carbons (Fsp3) is 0.588. The van der Waals surface area contributed by atoms with Crippen LogP contribution in [0.5, 0.6) is 0 Å². The van der Waals surface area contributed by atoms with Crippen LogP contribution in [0.3, 0.4) is 0 Å². The first-order chi connectivity index (χ1) is 11.3. The van der Waals surface area contributed by atoms with Gasteiger partial charge >= 0.3 is 0 Å². The third-order valence-corrected chi connectivity index (χ3v) is 4.76. The first-order valence-corrected chi connectivity index (χ1v) is 8.61. The van der Waals surface area contributed by atoms with E-state index in [-0.39, 0.29) is 12.0 Å². The van der Waals surface area contributed by atoms with Crippen molar-refractivity contribution in [1.29, 1.82) is 0 Å². The maximum Gasteiger partial charge on any atom is 0.194 e. The van der Waals surface area contributed by atoms with Gasteiger partial charge in [0.2, 0.25) is 0 Å². The molecular weight excluding hydrogens is 310 g/mol. The molecule has 0 radical (unpaired) electrons. The number of hydrogen-bond acceptors (Lipinski definition) is 5. The van der Waals surface area contributed by atoms with Crippen LogP contribution >= 0.6 is 12.2 Å². The molecule has 23 heavy (non-hydrogen) atoms. The molecule has 2 atom stereocenters. The molecule has 1 N–H and O–H groups in total. The lowest BCUT2D eigenvalue weighted by molar-refractivity contribution is 0.203. The number of rotatable bonds is 5. The molecule has 2 heterocycles. The Bertz CT molecular complexity index is 591. The summed E-state index contributed by atoms with van der Waals surface area (Å²) in [6, 6.07) is 4.25. The number of nitrogens with one attached hydrogen (secondary N) is 1. The van der Waals surface area contributed by atoms with E-state index in [1.807, 2.05) is 12.3 Å². The molecule has 1 aliphatic heterocycles. The van der Waals surface area contributed by atoms with Gasteiger partial charge in [0.25, 0.3) is 0 Å². The van der Waals surface area contributed by atoms with Gasteiger partial charge in [-0.3, -0.25) is 4.98 Å². The van der Waals surface area contributed by atoms with E-state index in [2.05, 4.69) is 16.4 Å². The number of pyridine rings is 1. The largest absolute Gasteiger partial charge is 0.480 e. The predicted octanol–water partition coefficient (Wildman–Crippen LogP) is 2.46. The Kier molecular flexibility index (Phi) is 5.56. The molecule has 1 aromatic heterocycles. The number of thiocarbonyl (C=S) groups is 1. The topological polar surface area (TPSA) is 55.7 Å². The highest BCUT2D eigenvalue weighted by atomic mass is 32.1. The Morgan fingerprint density at radius 2 is 2.43 bits per heavy atom. The van der Waals surface area contributed by atoms with Crippen LogP contribution in [0.15, 0.2) is 23.3 Å². The quantitative estimate of drug-likeness (QED) is 0.663. The van der Waals surface area contributed by atoms with Gasteiger partial charge in [0.1, 0.15) is 0 Å². The molecule has 0 saturated carbocycles. The molecular formula is C17H23N3O2S. The summed E-state index contributed by atoms with van der Waals surface area (Å²) >= 11 is 5.54. The molecule has 2 aliphatic rings. The van der Waals surface area contributed by atoms with E-state index in [1.165, 1.54) is 5.56 Å². The van der Waals surface area contributed by atoms with E-state index in [9.17, 15) is 0 Å². The first kappa shape index (κ1) is 16.3. The summed E-state index contributed by atoms with van der Waals surface area (Å²) in [4.78, 5) is 10.2. The molecule has 0 spiro atoms. The number of fused-ring (bicyclic) bond motifs is 1. The van der Waals surface area contributed by atoms with Gasteiger partial charge in [-0.2, -0.15) is 0 Å². The van der Waals surface area contributed by atoms with Crippen LogP contribution in [0, 0.1) is 5.92 Å². The number of nitrogens with zero attached hydrogens (tertiary/aromatic N) is 2. The second-order valence-electron chi connectivity index (χ2n) is 5.89. The van der Waals surface area contributed by atoms with E-state index in [0.29, 0.717) is 6.61 Å². The lowest BCUT2D eigenvalue weighted by Crippen LogP contribution is -2.39. The number of aryl methyl sites for hydroxylation is 1. The van der Waals surface area contributed by atoms with Crippen molar-refractivity contribution in [1.82, 2.24) is 10.3 Å². The minimum absolute atomic E-state index is 0.0799. The third-order valence-electron chi connectivity index (χ3n) is 4.33.